The number of nitrogens with one attached hydrogen (secondary N) is 1. The molecule has 2 atom stereocenters. The van der Waals surface area contributed by atoms with Crippen LogP contribution in [0, 0.1) is 0 Å². The van der Waals surface area contributed by atoms with Gasteiger partial charge in [-0.1, -0.05) is 60.7 Å². The summed E-state index contributed by atoms with van der Waals surface area (Å²) in [6, 6.07) is 15.7. The number of aliphatic hydroxyl groups excluding tert-OH is 1. The summed E-state index contributed by atoms with van der Waals surface area (Å²) in [7, 11) is 0. The topological polar surface area (TPSA) is 116 Å². The summed E-state index contributed by atoms with van der Waals surface area (Å²) in [5.74, 6) is -2.64. The summed E-state index contributed by atoms with van der Waals surface area (Å²) in [6.07, 6.45) is -2.08. The Morgan fingerprint density at radius 2 is 1.52 bits per heavy atom. The van der Waals surface area contributed by atoms with Gasteiger partial charge in [-0.15, -0.1) is 0 Å². The second-order valence-electron chi connectivity index (χ2n) is 7.65. The van der Waals surface area contributed by atoms with E-state index in [0.717, 1.165) is 4.90 Å². The van der Waals surface area contributed by atoms with Crippen molar-refractivity contribution in [2.75, 3.05) is 19.6 Å². The lowest BCUT2D eigenvalue weighted by Gasteiger charge is -2.33. The van der Waals surface area contributed by atoms with Crippen molar-refractivity contribution in [1.29, 1.82) is 0 Å². The quantitative estimate of drug-likeness (QED) is 0.485. The number of hydrogen-bond donors (Lipinski definition) is 2. The van der Waals surface area contributed by atoms with E-state index < -0.39 is 42.1 Å². The molecule has 174 valence electrons. The highest BCUT2D eigenvalue weighted by molar-refractivity contribution is 6.38. The standard InChI is InChI=1S/C24H27N3O6/c1-3-26-14-15-27(22(30)21(26)29)24(32)25-19(16(2)28)23(31)33-20(17-10-6-4-7-11-17)18-12-8-5-9-13-18/h4-13,16,19-20,28H,3,14-15H2,1-2H3,(H,25,32)/t16-,19?/m0/s1. The minimum absolute atomic E-state index is 0.0114. The lowest BCUT2D eigenvalue weighted by Crippen LogP contribution is -2.61. The minimum atomic E-state index is -1.44. The number of benzene rings is 2. The predicted octanol–water partition coefficient (Wildman–Crippen LogP) is 1.47. The molecule has 9 heteroatoms. The molecule has 1 heterocycles. The van der Waals surface area contributed by atoms with Crippen molar-refractivity contribution < 1.29 is 29.0 Å². The van der Waals surface area contributed by atoms with Gasteiger partial charge in [0, 0.05) is 19.6 Å². The Kier molecular flexibility index (Phi) is 7.78. The summed E-state index contributed by atoms with van der Waals surface area (Å²) < 4.78 is 5.72. The van der Waals surface area contributed by atoms with Gasteiger partial charge in [0.15, 0.2) is 12.1 Å². The van der Waals surface area contributed by atoms with Gasteiger partial charge in [0.05, 0.1) is 6.10 Å². The number of hydrogen-bond acceptors (Lipinski definition) is 6. The first-order valence-corrected chi connectivity index (χ1v) is 10.7. The molecule has 2 aromatic carbocycles. The van der Waals surface area contributed by atoms with Gasteiger partial charge < -0.3 is 20.1 Å². The fourth-order valence-corrected chi connectivity index (χ4v) is 3.53. The number of amides is 4. The third kappa shape index (κ3) is 5.56. The Morgan fingerprint density at radius 3 is 2.00 bits per heavy atom. The van der Waals surface area contributed by atoms with Crippen molar-refractivity contribution in [3.63, 3.8) is 0 Å². The van der Waals surface area contributed by atoms with Gasteiger partial charge in [0.2, 0.25) is 0 Å². The largest absolute Gasteiger partial charge is 0.451 e. The number of urea groups is 1. The fraction of sp³-hybridized carbons (Fsp3) is 0.333. The zero-order valence-corrected chi connectivity index (χ0v) is 18.5. The van der Waals surface area contributed by atoms with Crippen LogP contribution < -0.4 is 5.32 Å². The van der Waals surface area contributed by atoms with Crippen molar-refractivity contribution >= 4 is 23.8 Å². The van der Waals surface area contributed by atoms with E-state index in [2.05, 4.69) is 5.32 Å². The van der Waals surface area contributed by atoms with E-state index in [9.17, 15) is 24.3 Å². The second-order valence-corrected chi connectivity index (χ2v) is 7.65. The van der Waals surface area contributed by atoms with Crippen LogP contribution in [-0.4, -0.2) is 70.5 Å². The Labute approximate surface area is 191 Å². The molecule has 0 spiro atoms. The first-order chi connectivity index (χ1) is 15.8. The number of imide groups is 1. The third-order valence-corrected chi connectivity index (χ3v) is 5.39. The van der Waals surface area contributed by atoms with Crippen LogP contribution in [0.5, 0.6) is 0 Å². The van der Waals surface area contributed by atoms with Crippen LogP contribution in [-0.2, 0) is 19.1 Å². The summed E-state index contributed by atoms with van der Waals surface area (Å²) in [5.41, 5.74) is 1.42. The van der Waals surface area contributed by atoms with E-state index in [1.165, 1.54) is 11.8 Å². The van der Waals surface area contributed by atoms with Crippen molar-refractivity contribution in [1.82, 2.24) is 15.1 Å². The van der Waals surface area contributed by atoms with Gasteiger partial charge in [-0.2, -0.15) is 0 Å². The Bertz CT molecular complexity index is 956. The Balaban J connectivity index is 1.77. The molecule has 1 aliphatic rings. The average Bonchev–Trinajstić information content (AvgIpc) is 2.83. The van der Waals surface area contributed by atoms with Crippen LogP contribution >= 0.6 is 0 Å². The molecule has 3 rings (SSSR count). The normalized spacial score (nSPS) is 15.9. The molecular formula is C24H27N3O6. The second kappa shape index (κ2) is 10.7. The number of ether oxygens (including phenoxy) is 1. The maximum absolute atomic E-state index is 13.0. The van der Waals surface area contributed by atoms with Gasteiger partial charge in [-0.25, -0.2) is 9.59 Å². The monoisotopic (exact) mass is 453 g/mol. The molecule has 0 saturated carbocycles. The maximum atomic E-state index is 13.0. The van der Waals surface area contributed by atoms with Crippen LogP contribution in [0.25, 0.3) is 0 Å². The summed E-state index contributed by atoms with van der Waals surface area (Å²) >= 11 is 0. The first kappa shape index (κ1) is 23.9. The highest BCUT2D eigenvalue weighted by atomic mass is 16.5. The molecule has 4 amide bonds. The number of carbonyl (C=O) groups is 4. The van der Waals surface area contributed by atoms with Crippen molar-refractivity contribution in [2.45, 2.75) is 32.1 Å². The molecule has 0 aromatic heterocycles. The summed E-state index contributed by atoms with van der Waals surface area (Å²) in [4.78, 5) is 52.2. The number of aliphatic hydroxyl groups is 1. The molecule has 0 aliphatic carbocycles. The van der Waals surface area contributed by atoms with Crippen molar-refractivity contribution in [3.05, 3.63) is 71.8 Å². The number of likely N-dealkylation sites (N-methyl/N-ethyl adjacent to an activating group) is 1. The number of esters is 1. The zero-order valence-electron chi connectivity index (χ0n) is 18.5. The van der Waals surface area contributed by atoms with Crippen LogP contribution in [0.15, 0.2) is 60.7 Å². The van der Waals surface area contributed by atoms with E-state index in [1.54, 1.807) is 31.2 Å². The minimum Gasteiger partial charge on any atom is -0.451 e. The zero-order chi connectivity index (χ0) is 24.0. The number of rotatable bonds is 7. The van der Waals surface area contributed by atoms with Crippen LogP contribution in [0.4, 0.5) is 4.79 Å². The van der Waals surface area contributed by atoms with E-state index in [0.29, 0.717) is 17.7 Å². The lowest BCUT2D eigenvalue weighted by atomic mass is 10.0. The number of piperazine rings is 1. The van der Waals surface area contributed by atoms with Crippen molar-refractivity contribution in [2.24, 2.45) is 0 Å². The first-order valence-electron chi connectivity index (χ1n) is 10.7. The lowest BCUT2D eigenvalue weighted by molar-refractivity contribution is -0.154. The summed E-state index contributed by atoms with van der Waals surface area (Å²) in [6.45, 7) is 3.60. The van der Waals surface area contributed by atoms with E-state index in [4.69, 9.17) is 4.74 Å². The molecule has 0 bridgehead atoms. The van der Waals surface area contributed by atoms with Crippen molar-refractivity contribution in [3.8, 4) is 0 Å². The van der Waals surface area contributed by atoms with Crippen LogP contribution in [0.3, 0.4) is 0 Å². The number of nitrogens with zero attached hydrogens (tertiary/aromatic N) is 2. The van der Waals surface area contributed by atoms with Gasteiger partial charge in [0.25, 0.3) is 0 Å². The highest BCUT2D eigenvalue weighted by Gasteiger charge is 2.38. The molecule has 9 nitrogen and oxygen atoms in total. The molecule has 1 aliphatic heterocycles. The summed E-state index contributed by atoms with van der Waals surface area (Å²) in [5, 5.41) is 12.5. The molecule has 2 aromatic rings. The van der Waals surface area contributed by atoms with E-state index in [-0.39, 0.29) is 13.1 Å². The predicted molar refractivity (Wildman–Crippen MR) is 119 cm³/mol. The average molecular weight is 453 g/mol. The van der Waals surface area contributed by atoms with Gasteiger partial charge in [0.1, 0.15) is 0 Å². The molecular weight excluding hydrogens is 426 g/mol. The van der Waals surface area contributed by atoms with Gasteiger partial charge in [-0.05, 0) is 25.0 Å². The maximum Gasteiger partial charge on any atom is 0.332 e. The SMILES string of the molecule is CCN1CCN(C(=O)NC(C(=O)OC(c2ccccc2)c2ccccc2)[C@H](C)O)C(=O)C1=O. The molecule has 1 fully saturated rings. The molecule has 2 N–H and O–H groups in total. The van der Waals surface area contributed by atoms with Crippen LogP contribution in [0.2, 0.25) is 0 Å². The molecule has 33 heavy (non-hydrogen) atoms. The van der Waals surface area contributed by atoms with Gasteiger partial charge in [-0.3, -0.25) is 14.5 Å². The number of carbonyl (C=O) groups excluding carboxylic acids is 4. The molecule has 1 saturated heterocycles. The fourth-order valence-electron chi connectivity index (χ4n) is 3.53. The Hall–Kier alpha value is -3.72. The van der Waals surface area contributed by atoms with Gasteiger partial charge >= 0.3 is 23.8 Å². The molecule has 1 unspecified atom stereocenters. The highest BCUT2D eigenvalue weighted by Crippen LogP contribution is 2.26. The molecule has 0 radical (unpaired) electrons. The van der Waals surface area contributed by atoms with E-state index >= 15 is 0 Å². The smallest absolute Gasteiger partial charge is 0.332 e. The van der Waals surface area contributed by atoms with Crippen LogP contribution in [0.1, 0.15) is 31.1 Å². The third-order valence-electron chi connectivity index (χ3n) is 5.39. The Morgan fingerprint density at radius 1 is 0.970 bits per heavy atom. The van der Waals surface area contributed by atoms with E-state index in [1.807, 2.05) is 36.4 Å².